The number of hydrogen-bond donors (Lipinski definition) is 1. The summed E-state index contributed by atoms with van der Waals surface area (Å²) < 4.78 is 68.3. The van der Waals surface area contributed by atoms with Gasteiger partial charge < -0.3 is 4.57 Å². The van der Waals surface area contributed by atoms with Gasteiger partial charge in [-0.25, -0.2) is 23.1 Å². The number of nitrogens with zero attached hydrogens (tertiary/aromatic N) is 4. The van der Waals surface area contributed by atoms with Gasteiger partial charge in [-0.15, -0.1) is 0 Å². The van der Waals surface area contributed by atoms with Crippen molar-refractivity contribution in [3.05, 3.63) is 53.6 Å². The first kappa shape index (κ1) is 20.8. The van der Waals surface area contributed by atoms with Gasteiger partial charge >= 0.3 is 6.18 Å². The van der Waals surface area contributed by atoms with E-state index in [4.69, 9.17) is 5.26 Å². The number of aromatic nitrogens is 3. The number of halogens is 3. The SMILES string of the molecule is CCn1c(C(C)NS(=O)(=O)c2ccc(C#N)nc2)nc2ccc(C(F)(F)F)cc21. The van der Waals surface area contributed by atoms with Crippen LogP contribution >= 0.6 is 0 Å². The zero-order chi connectivity index (χ0) is 21.4. The molecule has 0 saturated carbocycles. The quantitative estimate of drug-likeness (QED) is 0.678. The van der Waals surface area contributed by atoms with E-state index >= 15 is 0 Å². The van der Waals surface area contributed by atoms with Crippen LogP contribution in [0.3, 0.4) is 0 Å². The Labute approximate surface area is 164 Å². The molecule has 3 rings (SSSR count). The Morgan fingerprint density at radius 2 is 2.00 bits per heavy atom. The Morgan fingerprint density at radius 1 is 1.28 bits per heavy atom. The van der Waals surface area contributed by atoms with E-state index in [0.717, 1.165) is 18.3 Å². The third-order valence-electron chi connectivity index (χ3n) is 4.30. The summed E-state index contributed by atoms with van der Waals surface area (Å²) in [5, 5.41) is 8.76. The summed E-state index contributed by atoms with van der Waals surface area (Å²) >= 11 is 0. The van der Waals surface area contributed by atoms with Crippen LogP contribution in [0.15, 0.2) is 41.4 Å². The first-order valence-electron chi connectivity index (χ1n) is 8.52. The van der Waals surface area contributed by atoms with Crippen LogP contribution in [0.25, 0.3) is 11.0 Å². The summed E-state index contributed by atoms with van der Waals surface area (Å²) in [6, 6.07) is 6.71. The van der Waals surface area contributed by atoms with Gasteiger partial charge in [-0.1, -0.05) is 0 Å². The Kier molecular flexibility index (Phi) is 5.34. The Balaban J connectivity index is 1.97. The molecule has 152 valence electrons. The molecule has 0 aliphatic rings. The van der Waals surface area contributed by atoms with Gasteiger partial charge in [0.15, 0.2) is 0 Å². The molecule has 1 unspecified atom stereocenters. The maximum Gasteiger partial charge on any atom is 0.416 e. The second-order valence-corrected chi connectivity index (χ2v) is 7.96. The molecule has 0 bridgehead atoms. The topological polar surface area (TPSA) is 101 Å². The smallest absolute Gasteiger partial charge is 0.327 e. The molecule has 3 aromatic rings. The minimum absolute atomic E-state index is 0.0743. The standard InChI is InChI=1S/C18H16F3N5O2S/c1-3-26-16-8-12(18(19,20)21)4-7-15(16)24-17(26)11(2)25-29(27,28)14-6-5-13(9-22)23-10-14/h4-8,10-11,25H,3H2,1-2H3. The molecular weight excluding hydrogens is 407 g/mol. The van der Waals surface area contributed by atoms with Crippen molar-refractivity contribution in [1.29, 1.82) is 5.26 Å². The van der Waals surface area contributed by atoms with Crippen molar-refractivity contribution >= 4 is 21.1 Å². The number of pyridine rings is 1. The lowest BCUT2D eigenvalue weighted by atomic mass is 10.2. The van der Waals surface area contributed by atoms with Gasteiger partial charge in [0.25, 0.3) is 0 Å². The summed E-state index contributed by atoms with van der Waals surface area (Å²) in [7, 11) is -3.98. The van der Waals surface area contributed by atoms with Crippen LogP contribution in [0.5, 0.6) is 0 Å². The molecule has 1 N–H and O–H groups in total. The van der Waals surface area contributed by atoms with Crippen molar-refractivity contribution < 1.29 is 21.6 Å². The number of fused-ring (bicyclic) bond motifs is 1. The van der Waals surface area contributed by atoms with E-state index in [1.54, 1.807) is 19.9 Å². The number of rotatable bonds is 5. The zero-order valence-electron chi connectivity index (χ0n) is 15.4. The number of nitriles is 1. The number of benzene rings is 1. The van der Waals surface area contributed by atoms with Crippen molar-refractivity contribution in [1.82, 2.24) is 19.3 Å². The van der Waals surface area contributed by atoms with Gasteiger partial charge in [0, 0.05) is 12.7 Å². The molecular formula is C18H16F3N5O2S. The van der Waals surface area contributed by atoms with E-state index in [2.05, 4.69) is 14.7 Å². The number of sulfonamides is 1. The molecule has 0 saturated heterocycles. The van der Waals surface area contributed by atoms with Crippen molar-refractivity contribution in [2.24, 2.45) is 0 Å². The van der Waals surface area contributed by atoms with Crippen LogP contribution in [-0.4, -0.2) is 23.0 Å². The molecule has 0 amide bonds. The Bertz CT molecular complexity index is 1200. The lowest BCUT2D eigenvalue weighted by Gasteiger charge is -2.15. The second-order valence-electron chi connectivity index (χ2n) is 6.25. The van der Waals surface area contributed by atoms with Crippen LogP contribution in [0.2, 0.25) is 0 Å². The number of nitrogens with one attached hydrogen (secondary N) is 1. The fourth-order valence-corrected chi connectivity index (χ4v) is 4.09. The lowest BCUT2D eigenvalue weighted by Crippen LogP contribution is -2.29. The predicted octanol–water partition coefficient (Wildman–Crippen LogP) is 3.38. The summed E-state index contributed by atoms with van der Waals surface area (Å²) in [5.74, 6) is 0.284. The van der Waals surface area contributed by atoms with E-state index in [1.165, 1.54) is 22.8 Å². The van der Waals surface area contributed by atoms with E-state index in [-0.39, 0.29) is 21.9 Å². The Morgan fingerprint density at radius 3 is 2.55 bits per heavy atom. The molecule has 0 aliphatic carbocycles. The third-order valence-corrected chi connectivity index (χ3v) is 5.83. The molecule has 0 fully saturated rings. The van der Waals surface area contributed by atoms with E-state index in [1.807, 2.05) is 0 Å². The highest BCUT2D eigenvalue weighted by Crippen LogP contribution is 2.32. The number of aryl methyl sites for hydroxylation is 1. The summed E-state index contributed by atoms with van der Waals surface area (Å²) in [6.45, 7) is 3.58. The van der Waals surface area contributed by atoms with E-state index < -0.39 is 27.8 Å². The molecule has 1 atom stereocenters. The number of imidazole rings is 1. The van der Waals surface area contributed by atoms with Gasteiger partial charge in [0.05, 0.1) is 22.6 Å². The number of hydrogen-bond acceptors (Lipinski definition) is 5. The fourth-order valence-electron chi connectivity index (χ4n) is 2.94. The highest BCUT2D eigenvalue weighted by atomic mass is 32.2. The van der Waals surface area contributed by atoms with Crippen LogP contribution in [0, 0.1) is 11.3 Å². The molecule has 1 aromatic carbocycles. The van der Waals surface area contributed by atoms with Crippen molar-refractivity contribution in [2.75, 3.05) is 0 Å². The van der Waals surface area contributed by atoms with E-state index in [0.29, 0.717) is 12.1 Å². The van der Waals surface area contributed by atoms with Gasteiger partial charge in [-0.05, 0) is 44.2 Å². The number of alkyl halides is 3. The zero-order valence-corrected chi connectivity index (χ0v) is 16.2. The van der Waals surface area contributed by atoms with Crippen LogP contribution < -0.4 is 4.72 Å². The fraction of sp³-hybridized carbons (Fsp3) is 0.278. The van der Waals surface area contributed by atoms with Gasteiger partial charge in [-0.3, -0.25) is 0 Å². The molecule has 29 heavy (non-hydrogen) atoms. The lowest BCUT2D eigenvalue weighted by molar-refractivity contribution is -0.137. The van der Waals surface area contributed by atoms with Gasteiger partial charge in [-0.2, -0.15) is 18.4 Å². The summed E-state index contributed by atoms with van der Waals surface area (Å²) in [4.78, 5) is 7.92. The average molecular weight is 423 g/mol. The van der Waals surface area contributed by atoms with Crippen molar-refractivity contribution in [3.8, 4) is 6.07 Å². The maximum absolute atomic E-state index is 13.0. The molecule has 0 radical (unpaired) electrons. The molecule has 11 heteroatoms. The second kappa shape index (κ2) is 7.46. The van der Waals surface area contributed by atoms with Gasteiger partial charge in [0.2, 0.25) is 10.0 Å². The largest absolute Gasteiger partial charge is 0.416 e. The third kappa shape index (κ3) is 4.08. The molecule has 0 spiro atoms. The molecule has 7 nitrogen and oxygen atoms in total. The molecule has 0 aliphatic heterocycles. The first-order valence-corrected chi connectivity index (χ1v) is 10.0. The maximum atomic E-state index is 13.0. The average Bonchev–Trinajstić information content (AvgIpc) is 3.05. The molecule has 2 heterocycles. The summed E-state index contributed by atoms with van der Waals surface area (Å²) in [6.07, 6.45) is -3.43. The van der Waals surface area contributed by atoms with E-state index in [9.17, 15) is 21.6 Å². The first-order chi connectivity index (χ1) is 13.6. The van der Waals surface area contributed by atoms with Crippen molar-refractivity contribution in [3.63, 3.8) is 0 Å². The Hall–Kier alpha value is -2.97. The van der Waals surface area contributed by atoms with Crippen LogP contribution in [-0.2, 0) is 22.7 Å². The summed E-state index contributed by atoms with van der Waals surface area (Å²) in [5.41, 5.74) is -0.127. The van der Waals surface area contributed by atoms with Crippen molar-refractivity contribution in [2.45, 2.75) is 37.5 Å². The molecule has 2 aromatic heterocycles. The normalized spacial score (nSPS) is 13.4. The highest BCUT2D eigenvalue weighted by Gasteiger charge is 2.31. The van der Waals surface area contributed by atoms with Gasteiger partial charge in [0.1, 0.15) is 22.5 Å². The highest BCUT2D eigenvalue weighted by molar-refractivity contribution is 7.89. The monoisotopic (exact) mass is 423 g/mol. The van der Waals surface area contributed by atoms with Crippen LogP contribution in [0.4, 0.5) is 13.2 Å². The van der Waals surface area contributed by atoms with Crippen LogP contribution in [0.1, 0.15) is 37.0 Å². The minimum atomic E-state index is -4.49. The minimum Gasteiger partial charge on any atom is -0.327 e. The predicted molar refractivity (Wildman–Crippen MR) is 98.1 cm³/mol.